The van der Waals surface area contributed by atoms with E-state index in [0.29, 0.717) is 5.02 Å². The average Bonchev–Trinajstić information content (AvgIpc) is 2.50. The number of nitrogens with one attached hydrogen (secondary N) is 1. The topological polar surface area (TPSA) is 32.3 Å². The number of anilines is 2. The fourth-order valence-corrected chi connectivity index (χ4v) is 3.46. The second-order valence-electron chi connectivity index (χ2n) is 5.37. The Morgan fingerprint density at radius 3 is 2.17 bits per heavy atom. The van der Waals surface area contributed by atoms with Gasteiger partial charge in [0, 0.05) is 29.5 Å². The fraction of sp³-hybridized carbons (Fsp3) is 0.278. The van der Waals surface area contributed by atoms with Crippen LogP contribution < -0.4 is 10.2 Å². The van der Waals surface area contributed by atoms with Crippen molar-refractivity contribution in [3.63, 3.8) is 0 Å². The van der Waals surface area contributed by atoms with Gasteiger partial charge in [-0.25, -0.2) is 0 Å². The van der Waals surface area contributed by atoms with E-state index in [9.17, 15) is 4.79 Å². The molecule has 0 spiro atoms. The SMILES string of the molecule is CCN(CC)c1ccc(C)c(NC(=O)c2c(Cl)cc(Cl)cc2Cl)c1. The van der Waals surface area contributed by atoms with Crippen molar-refractivity contribution < 1.29 is 4.79 Å². The molecule has 0 aromatic heterocycles. The number of amides is 1. The van der Waals surface area contributed by atoms with Crippen LogP contribution in [0, 0.1) is 6.92 Å². The number of carbonyl (C=O) groups is 1. The first-order valence-electron chi connectivity index (χ1n) is 7.68. The summed E-state index contributed by atoms with van der Waals surface area (Å²) in [5.41, 5.74) is 2.96. The molecule has 0 heterocycles. The second-order valence-corrected chi connectivity index (χ2v) is 6.62. The minimum atomic E-state index is -0.360. The lowest BCUT2D eigenvalue weighted by molar-refractivity contribution is 0.102. The molecule has 0 saturated carbocycles. The summed E-state index contributed by atoms with van der Waals surface area (Å²) in [6.07, 6.45) is 0. The zero-order valence-corrected chi connectivity index (χ0v) is 16.1. The Bertz CT molecular complexity index is 735. The first-order chi connectivity index (χ1) is 11.4. The van der Waals surface area contributed by atoms with Crippen molar-refractivity contribution in [2.45, 2.75) is 20.8 Å². The quantitative estimate of drug-likeness (QED) is 0.679. The van der Waals surface area contributed by atoms with Gasteiger partial charge in [-0.1, -0.05) is 40.9 Å². The predicted molar refractivity (Wildman–Crippen MR) is 104 cm³/mol. The highest BCUT2D eigenvalue weighted by Crippen LogP contribution is 2.30. The maximum atomic E-state index is 12.6. The van der Waals surface area contributed by atoms with E-state index >= 15 is 0 Å². The molecule has 0 radical (unpaired) electrons. The number of rotatable bonds is 5. The van der Waals surface area contributed by atoms with Gasteiger partial charge in [0.05, 0.1) is 15.6 Å². The highest BCUT2D eigenvalue weighted by molar-refractivity contribution is 6.42. The number of carbonyl (C=O) groups excluding carboxylic acids is 1. The third-order valence-corrected chi connectivity index (χ3v) is 4.65. The Balaban J connectivity index is 2.34. The molecule has 128 valence electrons. The summed E-state index contributed by atoms with van der Waals surface area (Å²) in [5, 5.41) is 3.73. The van der Waals surface area contributed by atoms with E-state index in [-0.39, 0.29) is 21.5 Å². The largest absolute Gasteiger partial charge is 0.372 e. The fourth-order valence-electron chi connectivity index (χ4n) is 2.47. The molecule has 0 aliphatic rings. The number of benzene rings is 2. The van der Waals surface area contributed by atoms with Gasteiger partial charge in [-0.15, -0.1) is 0 Å². The molecule has 6 heteroatoms. The number of hydrogen-bond acceptors (Lipinski definition) is 2. The summed E-state index contributed by atoms with van der Waals surface area (Å²) in [6, 6.07) is 8.98. The lowest BCUT2D eigenvalue weighted by Gasteiger charge is -2.22. The molecule has 1 amide bonds. The van der Waals surface area contributed by atoms with Gasteiger partial charge in [0.1, 0.15) is 0 Å². The predicted octanol–water partition coefficient (Wildman–Crippen LogP) is 6.05. The van der Waals surface area contributed by atoms with Crippen molar-refractivity contribution in [3.8, 4) is 0 Å². The number of halogens is 3. The van der Waals surface area contributed by atoms with Crippen LogP contribution in [-0.2, 0) is 0 Å². The third kappa shape index (κ3) is 4.15. The van der Waals surface area contributed by atoms with Crippen molar-refractivity contribution in [1.29, 1.82) is 0 Å². The van der Waals surface area contributed by atoms with Crippen LogP contribution in [0.1, 0.15) is 29.8 Å². The van der Waals surface area contributed by atoms with Gasteiger partial charge >= 0.3 is 0 Å². The lowest BCUT2D eigenvalue weighted by Crippen LogP contribution is -2.22. The van der Waals surface area contributed by atoms with Crippen molar-refractivity contribution >= 4 is 52.1 Å². The molecule has 3 nitrogen and oxygen atoms in total. The van der Waals surface area contributed by atoms with Gasteiger partial charge in [0.2, 0.25) is 0 Å². The maximum Gasteiger partial charge on any atom is 0.258 e. The Morgan fingerprint density at radius 2 is 1.62 bits per heavy atom. The van der Waals surface area contributed by atoms with Crippen molar-refractivity contribution in [2.24, 2.45) is 0 Å². The normalized spacial score (nSPS) is 10.6. The lowest BCUT2D eigenvalue weighted by atomic mass is 10.1. The zero-order chi connectivity index (χ0) is 17.9. The Hall–Kier alpha value is -1.42. The van der Waals surface area contributed by atoms with Crippen LogP contribution >= 0.6 is 34.8 Å². The summed E-state index contributed by atoms with van der Waals surface area (Å²) < 4.78 is 0. The molecule has 0 saturated heterocycles. The molecule has 0 bridgehead atoms. The van der Waals surface area contributed by atoms with E-state index in [0.717, 1.165) is 30.0 Å². The number of hydrogen-bond donors (Lipinski definition) is 1. The smallest absolute Gasteiger partial charge is 0.258 e. The Labute approximate surface area is 157 Å². The van der Waals surface area contributed by atoms with Crippen LogP contribution in [0.5, 0.6) is 0 Å². The monoisotopic (exact) mass is 384 g/mol. The van der Waals surface area contributed by atoms with Gasteiger partial charge in [-0.05, 0) is 50.6 Å². The maximum absolute atomic E-state index is 12.6. The van der Waals surface area contributed by atoms with E-state index < -0.39 is 0 Å². The minimum Gasteiger partial charge on any atom is -0.372 e. The second kappa shape index (κ2) is 8.11. The molecule has 2 aromatic rings. The van der Waals surface area contributed by atoms with E-state index in [1.165, 1.54) is 12.1 Å². The van der Waals surface area contributed by atoms with E-state index in [2.05, 4.69) is 24.1 Å². The van der Waals surface area contributed by atoms with Gasteiger partial charge in [0.15, 0.2) is 0 Å². The molecule has 2 aromatic carbocycles. The Morgan fingerprint density at radius 1 is 1.04 bits per heavy atom. The van der Waals surface area contributed by atoms with Crippen molar-refractivity contribution in [3.05, 3.63) is 56.5 Å². The van der Waals surface area contributed by atoms with Crippen LogP contribution in [0.3, 0.4) is 0 Å². The summed E-state index contributed by atoms with van der Waals surface area (Å²) in [7, 11) is 0. The van der Waals surface area contributed by atoms with Gasteiger partial charge < -0.3 is 10.2 Å². The highest BCUT2D eigenvalue weighted by atomic mass is 35.5. The van der Waals surface area contributed by atoms with Gasteiger partial charge in [-0.2, -0.15) is 0 Å². The molecule has 0 fully saturated rings. The van der Waals surface area contributed by atoms with Crippen LogP contribution in [0.4, 0.5) is 11.4 Å². The van der Waals surface area contributed by atoms with Crippen molar-refractivity contribution in [1.82, 2.24) is 0 Å². The van der Waals surface area contributed by atoms with Crippen LogP contribution in [0.15, 0.2) is 30.3 Å². The number of aryl methyl sites for hydroxylation is 1. The van der Waals surface area contributed by atoms with Gasteiger partial charge in [-0.3, -0.25) is 4.79 Å². The first-order valence-corrected chi connectivity index (χ1v) is 8.82. The number of nitrogens with zero attached hydrogens (tertiary/aromatic N) is 1. The molecule has 0 aliphatic heterocycles. The van der Waals surface area contributed by atoms with Crippen LogP contribution in [-0.4, -0.2) is 19.0 Å². The molecule has 0 aliphatic carbocycles. The van der Waals surface area contributed by atoms with Gasteiger partial charge in [0.25, 0.3) is 5.91 Å². The molecule has 24 heavy (non-hydrogen) atoms. The zero-order valence-electron chi connectivity index (χ0n) is 13.8. The summed E-state index contributed by atoms with van der Waals surface area (Å²) in [6.45, 7) is 7.90. The third-order valence-electron chi connectivity index (χ3n) is 3.83. The molecule has 0 unspecified atom stereocenters. The molecule has 1 N–H and O–H groups in total. The average molecular weight is 386 g/mol. The first kappa shape index (κ1) is 18.9. The minimum absolute atomic E-state index is 0.218. The van der Waals surface area contributed by atoms with Crippen molar-refractivity contribution in [2.75, 3.05) is 23.3 Å². The summed E-state index contributed by atoms with van der Waals surface area (Å²) >= 11 is 18.1. The standard InChI is InChI=1S/C18H19Cl3N2O/c1-4-23(5-2)13-7-6-11(3)16(10-13)22-18(24)17-14(20)8-12(19)9-15(17)21/h6-10H,4-5H2,1-3H3,(H,22,24). The summed E-state index contributed by atoms with van der Waals surface area (Å²) in [5.74, 6) is -0.360. The molecular formula is C18H19Cl3N2O. The van der Waals surface area contributed by atoms with E-state index in [1.54, 1.807) is 0 Å². The molecule has 0 atom stereocenters. The molecule has 2 rings (SSSR count). The van der Waals surface area contributed by atoms with E-state index in [4.69, 9.17) is 34.8 Å². The van der Waals surface area contributed by atoms with Crippen LogP contribution in [0.25, 0.3) is 0 Å². The summed E-state index contributed by atoms with van der Waals surface area (Å²) in [4.78, 5) is 14.8. The Kier molecular flexibility index (Phi) is 6.39. The van der Waals surface area contributed by atoms with Crippen LogP contribution in [0.2, 0.25) is 15.1 Å². The highest BCUT2D eigenvalue weighted by Gasteiger charge is 2.17. The van der Waals surface area contributed by atoms with E-state index in [1.807, 2.05) is 25.1 Å². The molecular weight excluding hydrogens is 367 g/mol.